The molecule has 0 radical (unpaired) electrons. The monoisotopic (exact) mass is 505 g/mol. The van der Waals surface area contributed by atoms with Gasteiger partial charge in [0, 0.05) is 35.4 Å². The molecule has 0 aliphatic carbocycles. The number of thioether (sulfide) groups is 1. The summed E-state index contributed by atoms with van der Waals surface area (Å²) >= 11 is 1.59. The molecule has 1 saturated heterocycles. The first kappa shape index (κ1) is 26.2. The second-order valence-corrected chi connectivity index (χ2v) is 12.1. The molecule has 0 spiro atoms. The normalized spacial score (nSPS) is 19.2. The van der Waals surface area contributed by atoms with Gasteiger partial charge in [-0.25, -0.2) is 17.5 Å². The molecule has 2 atom stereocenters. The molecule has 184 valence electrons. The molecule has 1 heterocycles. The summed E-state index contributed by atoms with van der Waals surface area (Å²) in [6.45, 7) is 6.95. The predicted molar refractivity (Wildman–Crippen MR) is 133 cm³/mol. The van der Waals surface area contributed by atoms with E-state index in [0.717, 1.165) is 27.8 Å². The largest absolute Gasteiger partial charge is 0.478 e. The molecule has 7 nitrogen and oxygen atoms in total. The van der Waals surface area contributed by atoms with Gasteiger partial charge < -0.3 is 9.84 Å². The molecule has 34 heavy (non-hydrogen) atoms. The number of rotatable bonds is 8. The number of ketones is 1. The Kier molecular flexibility index (Phi) is 7.50. The summed E-state index contributed by atoms with van der Waals surface area (Å²) in [7, 11) is -3.48. The van der Waals surface area contributed by atoms with Crippen molar-refractivity contribution in [2.75, 3.05) is 25.6 Å². The number of sulfonamides is 1. The van der Waals surface area contributed by atoms with Gasteiger partial charge in [-0.1, -0.05) is 24.3 Å². The molecule has 0 saturated carbocycles. The number of carboxylic acid groups (broad SMARTS) is 1. The zero-order valence-corrected chi connectivity index (χ0v) is 21.9. The molecule has 0 bridgehead atoms. The second kappa shape index (κ2) is 9.71. The molecule has 9 heteroatoms. The summed E-state index contributed by atoms with van der Waals surface area (Å²) in [5.41, 5.74) is 1.45. The van der Waals surface area contributed by atoms with Gasteiger partial charge in [0.25, 0.3) is 0 Å². The van der Waals surface area contributed by atoms with Crippen molar-refractivity contribution in [2.24, 2.45) is 5.92 Å². The number of ether oxygens (including phenoxy) is 1. The Morgan fingerprint density at radius 1 is 1.09 bits per heavy atom. The van der Waals surface area contributed by atoms with Crippen molar-refractivity contribution < 1.29 is 27.9 Å². The number of nitrogens with zero attached hydrogens (tertiary/aromatic N) is 1. The Labute approximate surface area is 205 Å². The predicted octanol–water partition coefficient (Wildman–Crippen LogP) is 4.13. The van der Waals surface area contributed by atoms with Crippen LogP contribution in [0, 0.1) is 19.8 Å². The van der Waals surface area contributed by atoms with Crippen LogP contribution in [0.5, 0.6) is 5.75 Å². The average molecular weight is 506 g/mol. The molecule has 2 unspecified atom stereocenters. The van der Waals surface area contributed by atoms with E-state index in [4.69, 9.17) is 4.74 Å². The third-order valence-electron chi connectivity index (χ3n) is 6.25. The first-order valence-electron chi connectivity index (χ1n) is 10.9. The maximum absolute atomic E-state index is 13.5. The number of carboxylic acids is 1. The lowest BCUT2D eigenvalue weighted by Gasteiger charge is -2.26. The molecule has 1 aliphatic heterocycles. The number of aryl methyl sites for hydroxylation is 2. The summed E-state index contributed by atoms with van der Waals surface area (Å²) in [6.07, 6.45) is 3.12. The Morgan fingerprint density at radius 2 is 1.65 bits per heavy atom. The van der Waals surface area contributed by atoms with Crippen molar-refractivity contribution in [3.63, 3.8) is 0 Å². The van der Waals surface area contributed by atoms with Crippen molar-refractivity contribution in [3.05, 3.63) is 58.7 Å². The zero-order chi connectivity index (χ0) is 25.4. The lowest BCUT2D eigenvalue weighted by molar-refractivity contribution is -0.152. The number of hydrogen-bond donors (Lipinski definition) is 1. The molecule has 2 aromatic carbocycles. The van der Waals surface area contributed by atoms with E-state index in [1.165, 1.54) is 18.2 Å². The third kappa shape index (κ3) is 5.47. The van der Waals surface area contributed by atoms with Crippen LogP contribution in [0.15, 0.2) is 41.3 Å². The number of benzene rings is 2. The average Bonchev–Trinajstić information content (AvgIpc) is 3.21. The Balaban J connectivity index is 2.00. The van der Waals surface area contributed by atoms with E-state index in [-0.39, 0.29) is 24.8 Å². The highest BCUT2D eigenvalue weighted by Crippen LogP contribution is 2.39. The number of aliphatic carboxylic acids is 1. The van der Waals surface area contributed by atoms with Crippen LogP contribution in [0.2, 0.25) is 0 Å². The standard InChI is InChI=1S/C25H31NO6S2/c1-15-11-18(12-16(2)23(15)32-25(3,4)24(28)29)20-13-26(34(6,30)31)14-21(20)22(27)17-7-9-19(33-5)10-8-17/h7-12,20-21H,13-14H2,1-6H3,(H,28,29). The fourth-order valence-electron chi connectivity index (χ4n) is 4.27. The van der Waals surface area contributed by atoms with E-state index in [0.29, 0.717) is 11.3 Å². The molecule has 2 aromatic rings. The van der Waals surface area contributed by atoms with Gasteiger partial charge in [0.1, 0.15) is 5.75 Å². The fraction of sp³-hybridized carbons (Fsp3) is 0.440. The van der Waals surface area contributed by atoms with Crippen molar-refractivity contribution >= 4 is 33.5 Å². The van der Waals surface area contributed by atoms with Crippen LogP contribution < -0.4 is 4.74 Å². The highest BCUT2D eigenvalue weighted by atomic mass is 32.2. The van der Waals surface area contributed by atoms with Gasteiger partial charge in [-0.15, -0.1) is 11.8 Å². The van der Waals surface area contributed by atoms with Crippen molar-refractivity contribution in [2.45, 2.75) is 44.1 Å². The molecule has 1 fully saturated rings. The van der Waals surface area contributed by atoms with Crippen molar-refractivity contribution in [1.29, 1.82) is 0 Å². The number of carbonyl (C=O) groups excluding carboxylic acids is 1. The van der Waals surface area contributed by atoms with Gasteiger partial charge in [0.2, 0.25) is 10.0 Å². The minimum Gasteiger partial charge on any atom is -0.478 e. The maximum Gasteiger partial charge on any atom is 0.347 e. The number of carbonyl (C=O) groups is 2. The molecular formula is C25H31NO6S2. The van der Waals surface area contributed by atoms with E-state index >= 15 is 0 Å². The minimum atomic E-state index is -3.48. The van der Waals surface area contributed by atoms with Crippen LogP contribution in [0.1, 0.15) is 46.8 Å². The van der Waals surface area contributed by atoms with Crippen LogP contribution in [0.25, 0.3) is 0 Å². The third-order valence-corrected chi connectivity index (χ3v) is 8.23. The zero-order valence-electron chi connectivity index (χ0n) is 20.3. The van der Waals surface area contributed by atoms with Crippen LogP contribution in [-0.2, 0) is 14.8 Å². The van der Waals surface area contributed by atoms with Gasteiger partial charge in [0.15, 0.2) is 11.4 Å². The fourth-order valence-corrected chi connectivity index (χ4v) is 5.54. The van der Waals surface area contributed by atoms with E-state index in [1.54, 1.807) is 23.9 Å². The van der Waals surface area contributed by atoms with Crippen LogP contribution >= 0.6 is 11.8 Å². The lowest BCUT2D eigenvalue weighted by Crippen LogP contribution is -2.38. The van der Waals surface area contributed by atoms with E-state index in [9.17, 15) is 23.1 Å². The van der Waals surface area contributed by atoms with Gasteiger partial charge in [0.05, 0.1) is 6.26 Å². The number of hydrogen-bond acceptors (Lipinski definition) is 6. The minimum absolute atomic E-state index is 0.0913. The molecule has 1 aliphatic rings. The van der Waals surface area contributed by atoms with Gasteiger partial charge in [-0.2, -0.15) is 0 Å². The molecular weight excluding hydrogens is 474 g/mol. The molecule has 3 rings (SSSR count). The van der Waals surface area contributed by atoms with E-state index < -0.39 is 27.5 Å². The lowest BCUT2D eigenvalue weighted by atomic mass is 9.82. The van der Waals surface area contributed by atoms with Gasteiger partial charge >= 0.3 is 5.97 Å². The summed E-state index contributed by atoms with van der Waals surface area (Å²) in [5, 5.41) is 9.43. The van der Waals surface area contributed by atoms with Crippen LogP contribution in [0.3, 0.4) is 0 Å². The number of Topliss-reactive ketones (excluding diaryl/α,β-unsaturated/α-hetero) is 1. The molecule has 1 N–H and O–H groups in total. The van der Waals surface area contributed by atoms with Gasteiger partial charge in [-0.3, -0.25) is 4.79 Å². The SMILES string of the molecule is CSc1ccc(C(=O)C2CN(S(C)(=O)=O)CC2c2cc(C)c(OC(C)(C)C(=O)O)c(C)c2)cc1. The molecule has 0 amide bonds. The topological polar surface area (TPSA) is 101 Å². The highest BCUT2D eigenvalue weighted by Gasteiger charge is 2.42. The quantitative estimate of drug-likeness (QED) is 0.425. The Bertz CT molecular complexity index is 1180. The summed E-state index contributed by atoms with van der Waals surface area (Å²) in [5.74, 6) is -1.55. The Hall–Kier alpha value is -2.36. The van der Waals surface area contributed by atoms with Gasteiger partial charge in [-0.05, 0) is 62.8 Å². The smallest absolute Gasteiger partial charge is 0.347 e. The second-order valence-electron chi connectivity index (χ2n) is 9.29. The summed E-state index contributed by atoms with van der Waals surface area (Å²) in [6, 6.07) is 11.1. The van der Waals surface area contributed by atoms with E-state index in [1.807, 2.05) is 44.4 Å². The summed E-state index contributed by atoms with van der Waals surface area (Å²) < 4.78 is 31.9. The summed E-state index contributed by atoms with van der Waals surface area (Å²) in [4.78, 5) is 26.0. The van der Waals surface area contributed by atoms with Crippen molar-refractivity contribution in [3.8, 4) is 5.75 Å². The van der Waals surface area contributed by atoms with Crippen LogP contribution in [0.4, 0.5) is 0 Å². The van der Waals surface area contributed by atoms with Crippen molar-refractivity contribution in [1.82, 2.24) is 4.31 Å². The highest BCUT2D eigenvalue weighted by molar-refractivity contribution is 7.98. The first-order chi connectivity index (χ1) is 15.7. The Morgan fingerprint density at radius 3 is 2.12 bits per heavy atom. The maximum atomic E-state index is 13.5. The first-order valence-corrected chi connectivity index (χ1v) is 14.0. The molecule has 0 aromatic heterocycles. The van der Waals surface area contributed by atoms with E-state index in [2.05, 4.69) is 0 Å². The van der Waals surface area contributed by atoms with Crippen LogP contribution in [-0.4, -0.2) is 60.8 Å².